The highest BCUT2D eigenvalue weighted by atomic mass is 16.3. The lowest BCUT2D eigenvalue weighted by Gasteiger charge is -2.36. The Morgan fingerprint density at radius 3 is 2.56 bits per heavy atom. The lowest BCUT2D eigenvalue weighted by atomic mass is 10.1. The number of nitrogens with zero attached hydrogens (tertiary/aromatic N) is 1. The molecule has 1 aliphatic heterocycles. The lowest BCUT2D eigenvalue weighted by Crippen LogP contribution is -2.55. The molecular formula is C14H20N2O2. The first-order valence-electron chi connectivity index (χ1n) is 6.32. The van der Waals surface area contributed by atoms with E-state index in [0.717, 1.165) is 5.56 Å². The van der Waals surface area contributed by atoms with E-state index < -0.39 is 0 Å². The Hall–Kier alpha value is -1.55. The van der Waals surface area contributed by atoms with Crippen LogP contribution in [0, 0.1) is 6.92 Å². The summed E-state index contributed by atoms with van der Waals surface area (Å²) in [6.07, 6.45) is 0. The number of aromatic hydroxyl groups is 1. The number of phenolic OH excluding ortho intramolecular Hbond substituents is 1. The Bertz CT molecular complexity index is 449. The number of carbonyl (C=O) groups is 1. The van der Waals surface area contributed by atoms with Gasteiger partial charge in [0.1, 0.15) is 5.75 Å². The average Bonchev–Trinajstić information content (AvgIpc) is 2.30. The topological polar surface area (TPSA) is 52.6 Å². The van der Waals surface area contributed by atoms with E-state index in [2.05, 4.69) is 19.2 Å². The Morgan fingerprint density at radius 2 is 1.94 bits per heavy atom. The third-order valence-corrected chi connectivity index (χ3v) is 3.23. The number of amides is 1. The highest BCUT2D eigenvalue weighted by Gasteiger charge is 2.26. The molecule has 1 aliphatic rings. The summed E-state index contributed by atoms with van der Waals surface area (Å²) in [6.45, 7) is 7.39. The van der Waals surface area contributed by atoms with Gasteiger partial charge in [-0.25, -0.2) is 0 Å². The minimum atomic E-state index is -0.0867. The molecule has 4 heteroatoms. The third kappa shape index (κ3) is 2.64. The molecule has 2 atom stereocenters. The predicted octanol–water partition coefficient (Wildman–Crippen LogP) is 1.52. The molecule has 0 saturated carbocycles. The Morgan fingerprint density at radius 1 is 1.33 bits per heavy atom. The van der Waals surface area contributed by atoms with Crippen LogP contribution < -0.4 is 5.32 Å². The first kappa shape index (κ1) is 12.9. The van der Waals surface area contributed by atoms with Crippen molar-refractivity contribution in [1.29, 1.82) is 0 Å². The largest absolute Gasteiger partial charge is 0.507 e. The Balaban J connectivity index is 2.22. The summed E-state index contributed by atoms with van der Waals surface area (Å²) >= 11 is 0. The minimum absolute atomic E-state index is 0.0597. The molecule has 1 heterocycles. The molecule has 1 amide bonds. The van der Waals surface area contributed by atoms with Crippen LogP contribution in [0.1, 0.15) is 29.8 Å². The van der Waals surface area contributed by atoms with Gasteiger partial charge in [-0.05, 0) is 32.9 Å². The molecule has 2 N–H and O–H groups in total. The average molecular weight is 248 g/mol. The fraction of sp³-hybridized carbons (Fsp3) is 0.500. The zero-order valence-electron chi connectivity index (χ0n) is 11.1. The monoisotopic (exact) mass is 248 g/mol. The number of rotatable bonds is 1. The van der Waals surface area contributed by atoms with Crippen LogP contribution in [0.4, 0.5) is 0 Å². The first-order chi connectivity index (χ1) is 8.47. The quantitative estimate of drug-likeness (QED) is 0.792. The summed E-state index contributed by atoms with van der Waals surface area (Å²) in [5.74, 6) is -0.0270. The number of piperazine rings is 1. The number of phenols is 1. The number of hydrogen-bond acceptors (Lipinski definition) is 3. The summed E-state index contributed by atoms with van der Waals surface area (Å²) in [4.78, 5) is 14.2. The third-order valence-electron chi connectivity index (χ3n) is 3.23. The zero-order valence-corrected chi connectivity index (χ0v) is 11.1. The maximum atomic E-state index is 12.4. The molecule has 1 aromatic rings. The van der Waals surface area contributed by atoms with Crippen molar-refractivity contribution in [3.8, 4) is 5.75 Å². The van der Waals surface area contributed by atoms with Crippen LogP contribution in [0.25, 0.3) is 0 Å². The standard InChI is InChI=1S/C14H20N2O2/c1-9-4-5-13(17)12(6-9)14(18)16-7-10(2)15-11(3)8-16/h4-6,10-11,15,17H,7-8H2,1-3H3. The lowest BCUT2D eigenvalue weighted by molar-refractivity contribution is 0.0670. The van der Waals surface area contributed by atoms with Crippen LogP contribution in [-0.2, 0) is 0 Å². The van der Waals surface area contributed by atoms with Crippen LogP contribution in [0.2, 0.25) is 0 Å². The second kappa shape index (κ2) is 4.98. The number of carbonyl (C=O) groups excluding carboxylic acids is 1. The molecule has 98 valence electrons. The van der Waals surface area contributed by atoms with Gasteiger partial charge in [-0.15, -0.1) is 0 Å². The van der Waals surface area contributed by atoms with Gasteiger partial charge in [0, 0.05) is 25.2 Å². The summed E-state index contributed by atoms with van der Waals surface area (Å²) in [6, 6.07) is 5.69. The van der Waals surface area contributed by atoms with E-state index in [4.69, 9.17) is 0 Å². The van der Waals surface area contributed by atoms with Crippen LogP contribution in [0.3, 0.4) is 0 Å². The van der Waals surface area contributed by atoms with Crippen LogP contribution >= 0.6 is 0 Å². The Labute approximate surface area is 108 Å². The van der Waals surface area contributed by atoms with Gasteiger partial charge in [-0.3, -0.25) is 4.79 Å². The fourth-order valence-electron chi connectivity index (χ4n) is 2.48. The van der Waals surface area contributed by atoms with Crippen molar-refractivity contribution < 1.29 is 9.90 Å². The van der Waals surface area contributed by atoms with Crippen molar-refractivity contribution >= 4 is 5.91 Å². The van der Waals surface area contributed by atoms with Gasteiger partial charge < -0.3 is 15.3 Å². The second-order valence-electron chi connectivity index (χ2n) is 5.20. The van der Waals surface area contributed by atoms with E-state index in [-0.39, 0.29) is 23.7 Å². The van der Waals surface area contributed by atoms with Gasteiger partial charge in [0.15, 0.2) is 0 Å². The first-order valence-corrected chi connectivity index (χ1v) is 6.32. The zero-order chi connectivity index (χ0) is 13.3. The van der Waals surface area contributed by atoms with Gasteiger partial charge in [0.2, 0.25) is 0 Å². The molecule has 0 aromatic heterocycles. The molecule has 4 nitrogen and oxygen atoms in total. The van der Waals surface area contributed by atoms with Crippen molar-refractivity contribution in [1.82, 2.24) is 10.2 Å². The Kier molecular flexibility index (Phi) is 3.57. The molecule has 2 rings (SSSR count). The maximum absolute atomic E-state index is 12.4. The highest BCUT2D eigenvalue weighted by molar-refractivity contribution is 5.97. The van der Waals surface area contributed by atoms with Crippen LogP contribution in [0.5, 0.6) is 5.75 Å². The van der Waals surface area contributed by atoms with Crippen LogP contribution in [-0.4, -0.2) is 41.1 Å². The smallest absolute Gasteiger partial charge is 0.257 e. The SMILES string of the molecule is Cc1ccc(O)c(C(=O)N2CC(C)NC(C)C2)c1. The molecule has 1 saturated heterocycles. The summed E-state index contributed by atoms with van der Waals surface area (Å²) in [5.41, 5.74) is 1.38. The van der Waals surface area contributed by atoms with Crippen molar-refractivity contribution in [2.45, 2.75) is 32.9 Å². The second-order valence-corrected chi connectivity index (χ2v) is 5.20. The molecule has 1 fully saturated rings. The van der Waals surface area contributed by atoms with Crippen LogP contribution in [0.15, 0.2) is 18.2 Å². The van der Waals surface area contributed by atoms with E-state index in [9.17, 15) is 9.90 Å². The van der Waals surface area contributed by atoms with Gasteiger partial charge in [0.05, 0.1) is 5.56 Å². The molecule has 18 heavy (non-hydrogen) atoms. The molecular weight excluding hydrogens is 228 g/mol. The number of hydrogen-bond donors (Lipinski definition) is 2. The molecule has 1 aromatic carbocycles. The van der Waals surface area contributed by atoms with E-state index in [1.165, 1.54) is 0 Å². The predicted molar refractivity (Wildman–Crippen MR) is 70.8 cm³/mol. The van der Waals surface area contributed by atoms with E-state index in [0.29, 0.717) is 18.7 Å². The highest BCUT2D eigenvalue weighted by Crippen LogP contribution is 2.21. The van der Waals surface area contributed by atoms with Gasteiger partial charge >= 0.3 is 0 Å². The molecule has 0 spiro atoms. The van der Waals surface area contributed by atoms with Crippen molar-refractivity contribution in [3.05, 3.63) is 29.3 Å². The molecule has 0 aliphatic carbocycles. The summed E-state index contributed by atoms with van der Waals surface area (Å²) in [7, 11) is 0. The van der Waals surface area contributed by atoms with Crippen molar-refractivity contribution in [2.75, 3.05) is 13.1 Å². The number of benzene rings is 1. The van der Waals surface area contributed by atoms with Gasteiger partial charge in [0.25, 0.3) is 5.91 Å². The normalized spacial score (nSPS) is 24.1. The summed E-state index contributed by atoms with van der Waals surface area (Å²) in [5, 5.41) is 13.2. The minimum Gasteiger partial charge on any atom is -0.507 e. The van der Waals surface area contributed by atoms with E-state index in [1.807, 2.05) is 6.92 Å². The maximum Gasteiger partial charge on any atom is 0.257 e. The number of aryl methyl sites for hydroxylation is 1. The molecule has 0 radical (unpaired) electrons. The van der Waals surface area contributed by atoms with Crippen molar-refractivity contribution in [2.24, 2.45) is 0 Å². The molecule has 0 bridgehead atoms. The number of nitrogens with one attached hydrogen (secondary N) is 1. The van der Waals surface area contributed by atoms with Gasteiger partial charge in [-0.2, -0.15) is 0 Å². The molecule has 2 unspecified atom stereocenters. The van der Waals surface area contributed by atoms with Gasteiger partial charge in [-0.1, -0.05) is 11.6 Å². The fourth-order valence-corrected chi connectivity index (χ4v) is 2.48. The van der Waals surface area contributed by atoms with Crippen molar-refractivity contribution in [3.63, 3.8) is 0 Å². The van der Waals surface area contributed by atoms with E-state index in [1.54, 1.807) is 23.1 Å². The van der Waals surface area contributed by atoms with E-state index >= 15 is 0 Å². The summed E-state index contributed by atoms with van der Waals surface area (Å²) < 4.78 is 0.